The molecule has 0 amide bonds. The molecule has 2 heterocycles. The highest BCUT2D eigenvalue weighted by Crippen LogP contribution is 2.43. The van der Waals surface area contributed by atoms with Gasteiger partial charge < -0.3 is 5.32 Å². The van der Waals surface area contributed by atoms with E-state index in [0.717, 1.165) is 25.6 Å². The highest BCUT2D eigenvalue weighted by atomic mass is 15.3. The molecule has 3 rings (SSSR count). The molecular weight excluding hydrogens is 258 g/mol. The van der Waals surface area contributed by atoms with Crippen molar-refractivity contribution in [3.8, 4) is 0 Å². The Balaban J connectivity index is 1.82. The van der Waals surface area contributed by atoms with Crippen LogP contribution in [0.15, 0.2) is 24.4 Å². The molecule has 3 heteroatoms. The number of rotatable bonds is 5. The van der Waals surface area contributed by atoms with E-state index < -0.39 is 0 Å². The molecule has 1 atom stereocenters. The van der Waals surface area contributed by atoms with Gasteiger partial charge in [0.1, 0.15) is 0 Å². The molecule has 21 heavy (non-hydrogen) atoms. The summed E-state index contributed by atoms with van der Waals surface area (Å²) in [5.74, 6) is 0.871. The molecule has 0 spiro atoms. The monoisotopic (exact) mass is 287 g/mol. The molecule has 0 aromatic carbocycles. The number of nitrogens with one attached hydrogen (secondary N) is 1. The van der Waals surface area contributed by atoms with Crippen molar-refractivity contribution >= 4 is 0 Å². The van der Waals surface area contributed by atoms with Gasteiger partial charge in [-0.15, -0.1) is 0 Å². The summed E-state index contributed by atoms with van der Waals surface area (Å²) in [6.07, 6.45) is 7.10. The summed E-state index contributed by atoms with van der Waals surface area (Å²) in [6, 6.07) is 6.26. The lowest BCUT2D eigenvalue weighted by atomic mass is 9.81. The van der Waals surface area contributed by atoms with Gasteiger partial charge in [-0.25, -0.2) is 0 Å². The van der Waals surface area contributed by atoms with E-state index in [-0.39, 0.29) is 5.54 Å². The van der Waals surface area contributed by atoms with Gasteiger partial charge in [-0.05, 0) is 50.7 Å². The van der Waals surface area contributed by atoms with Gasteiger partial charge in [-0.1, -0.05) is 19.9 Å². The lowest BCUT2D eigenvalue weighted by Crippen LogP contribution is -2.69. The van der Waals surface area contributed by atoms with E-state index in [1.165, 1.54) is 31.4 Å². The van der Waals surface area contributed by atoms with Crippen LogP contribution in [0.1, 0.15) is 52.1 Å². The summed E-state index contributed by atoms with van der Waals surface area (Å²) < 4.78 is 0. The van der Waals surface area contributed by atoms with Crippen molar-refractivity contribution in [1.82, 2.24) is 15.2 Å². The molecule has 2 fully saturated rings. The first-order valence-corrected chi connectivity index (χ1v) is 8.52. The Morgan fingerprint density at radius 2 is 2.05 bits per heavy atom. The molecule has 116 valence electrons. The van der Waals surface area contributed by atoms with Gasteiger partial charge in [0.25, 0.3) is 0 Å². The van der Waals surface area contributed by atoms with E-state index >= 15 is 0 Å². The minimum Gasteiger partial charge on any atom is -0.308 e. The maximum absolute atomic E-state index is 4.55. The second kappa shape index (κ2) is 5.69. The SMILES string of the molecule is CCC1(CC)CNC(C)(C2CC2)CN1Cc1ccccn1. The van der Waals surface area contributed by atoms with Crippen molar-refractivity contribution in [2.75, 3.05) is 13.1 Å². The largest absolute Gasteiger partial charge is 0.308 e. The molecule has 1 unspecified atom stereocenters. The summed E-state index contributed by atoms with van der Waals surface area (Å²) >= 11 is 0. The molecule has 1 aromatic heterocycles. The van der Waals surface area contributed by atoms with Crippen LogP contribution in [0.25, 0.3) is 0 Å². The molecule has 1 aliphatic heterocycles. The normalized spacial score (nSPS) is 29.5. The van der Waals surface area contributed by atoms with Crippen molar-refractivity contribution in [1.29, 1.82) is 0 Å². The van der Waals surface area contributed by atoms with E-state index in [4.69, 9.17) is 0 Å². The summed E-state index contributed by atoms with van der Waals surface area (Å²) in [5, 5.41) is 3.90. The second-order valence-corrected chi connectivity index (χ2v) is 7.15. The molecule has 1 saturated heterocycles. The maximum Gasteiger partial charge on any atom is 0.0544 e. The first-order chi connectivity index (χ1) is 10.1. The molecule has 1 aliphatic carbocycles. The Morgan fingerprint density at radius 1 is 1.29 bits per heavy atom. The topological polar surface area (TPSA) is 28.2 Å². The van der Waals surface area contributed by atoms with Crippen LogP contribution in [0.5, 0.6) is 0 Å². The molecule has 1 aromatic rings. The molecule has 1 N–H and O–H groups in total. The third-order valence-electron chi connectivity index (χ3n) is 5.89. The number of hydrogen-bond donors (Lipinski definition) is 1. The zero-order valence-corrected chi connectivity index (χ0v) is 13.7. The second-order valence-electron chi connectivity index (χ2n) is 7.15. The Labute approximate surface area is 129 Å². The fourth-order valence-corrected chi connectivity index (χ4v) is 3.95. The fraction of sp³-hybridized carbons (Fsp3) is 0.722. The van der Waals surface area contributed by atoms with Gasteiger partial charge in [0.05, 0.1) is 5.69 Å². The summed E-state index contributed by atoms with van der Waals surface area (Å²) in [5.41, 5.74) is 1.78. The van der Waals surface area contributed by atoms with Crippen molar-refractivity contribution in [2.24, 2.45) is 5.92 Å². The third-order valence-corrected chi connectivity index (χ3v) is 5.89. The summed E-state index contributed by atoms with van der Waals surface area (Å²) in [6.45, 7) is 10.3. The number of nitrogens with zero attached hydrogens (tertiary/aromatic N) is 2. The van der Waals surface area contributed by atoms with Crippen molar-refractivity contribution in [3.05, 3.63) is 30.1 Å². The number of aromatic nitrogens is 1. The summed E-state index contributed by atoms with van der Waals surface area (Å²) in [7, 11) is 0. The van der Waals surface area contributed by atoms with Crippen LogP contribution in [0, 0.1) is 5.92 Å². The van der Waals surface area contributed by atoms with Gasteiger partial charge in [-0.3, -0.25) is 9.88 Å². The van der Waals surface area contributed by atoms with E-state index in [1.54, 1.807) is 0 Å². The lowest BCUT2D eigenvalue weighted by Gasteiger charge is -2.54. The number of piperazine rings is 1. The quantitative estimate of drug-likeness (QED) is 0.901. The number of hydrogen-bond acceptors (Lipinski definition) is 3. The highest BCUT2D eigenvalue weighted by Gasteiger charge is 2.49. The van der Waals surface area contributed by atoms with Crippen LogP contribution in [0.4, 0.5) is 0 Å². The van der Waals surface area contributed by atoms with Crippen LogP contribution in [-0.4, -0.2) is 34.1 Å². The molecule has 3 nitrogen and oxygen atoms in total. The van der Waals surface area contributed by atoms with Crippen LogP contribution >= 0.6 is 0 Å². The van der Waals surface area contributed by atoms with Gasteiger partial charge in [0.2, 0.25) is 0 Å². The minimum atomic E-state index is 0.284. The first kappa shape index (κ1) is 15.0. The molecule has 1 saturated carbocycles. The smallest absolute Gasteiger partial charge is 0.0544 e. The number of pyridine rings is 1. The van der Waals surface area contributed by atoms with Crippen LogP contribution in [0.3, 0.4) is 0 Å². The van der Waals surface area contributed by atoms with Gasteiger partial charge in [-0.2, -0.15) is 0 Å². The van der Waals surface area contributed by atoms with Crippen molar-refractivity contribution in [3.63, 3.8) is 0 Å². The van der Waals surface area contributed by atoms with E-state index in [2.05, 4.69) is 48.1 Å². The molecular formula is C18H29N3. The first-order valence-electron chi connectivity index (χ1n) is 8.52. The lowest BCUT2D eigenvalue weighted by molar-refractivity contribution is -0.0105. The van der Waals surface area contributed by atoms with Crippen LogP contribution in [-0.2, 0) is 6.54 Å². The van der Waals surface area contributed by atoms with E-state index in [0.29, 0.717) is 5.54 Å². The van der Waals surface area contributed by atoms with Gasteiger partial charge in [0.15, 0.2) is 0 Å². The van der Waals surface area contributed by atoms with Crippen molar-refractivity contribution < 1.29 is 0 Å². The minimum absolute atomic E-state index is 0.284. The average molecular weight is 287 g/mol. The highest BCUT2D eigenvalue weighted by molar-refractivity contribution is 5.11. The van der Waals surface area contributed by atoms with Crippen LogP contribution in [0.2, 0.25) is 0 Å². The standard InChI is InChI=1S/C18H29N3/c1-4-18(5-2)13-20-17(3,15-9-10-15)14-21(18)12-16-8-6-7-11-19-16/h6-8,11,15,20H,4-5,9-10,12-14H2,1-3H3. The molecule has 0 bridgehead atoms. The van der Waals surface area contributed by atoms with E-state index in [1.807, 2.05) is 12.3 Å². The Morgan fingerprint density at radius 3 is 2.62 bits per heavy atom. The van der Waals surface area contributed by atoms with Gasteiger partial charge >= 0.3 is 0 Å². The predicted molar refractivity (Wildman–Crippen MR) is 87.1 cm³/mol. The van der Waals surface area contributed by atoms with Crippen LogP contribution < -0.4 is 5.32 Å². The molecule has 2 aliphatic rings. The molecule has 0 radical (unpaired) electrons. The van der Waals surface area contributed by atoms with Gasteiger partial charge in [0, 0.05) is 36.9 Å². The van der Waals surface area contributed by atoms with E-state index in [9.17, 15) is 0 Å². The van der Waals surface area contributed by atoms with Crippen molar-refractivity contribution in [2.45, 2.75) is 64.1 Å². The third kappa shape index (κ3) is 2.86. The fourth-order valence-electron chi connectivity index (χ4n) is 3.95. The zero-order chi connectivity index (χ0) is 14.9. The Kier molecular flexibility index (Phi) is 4.06. The Hall–Kier alpha value is -0.930. The predicted octanol–water partition coefficient (Wildman–Crippen LogP) is 3.21. The average Bonchev–Trinajstić information content (AvgIpc) is 3.35. The maximum atomic E-state index is 4.55. The zero-order valence-electron chi connectivity index (χ0n) is 13.7. The Bertz CT molecular complexity index is 465. The summed E-state index contributed by atoms with van der Waals surface area (Å²) in [4.78, 5) is 7.27.